The van der Waals surface area contributed by atoms with E-state index in [2.05, 4.69) is 15.3 Å². The number of ether oxygens (including phenoxy) is 1. The quantitative estimate of drug-likeness (QED) is 0.475. The molecule has 0 radical (unpaired) electrons. The molecule has 1 saturated carbocycles. The Kier molecular flexibility index (Phi) is 3.95. The van der Waals surface area contributed by atoms with Crippen LogP contribution in [-0.2, 0) is 11.3 Å². The summed E-state index contributed by atoms with van der Waals surface area (Å²) in [6.45, 7) is 2.47. The molecule has 1 aliphatic heterocycles. The molecule has 0 bridgehead atoms. The van der Waals surface area contributed by atoms with E-state index in [-0.39, 0.29) is 5.91 Å². The number of amides is 1. The molecule has 0 spiro atoms. The molecule has 2 unspecified atom stereocenters. The van der Waals surface area contributed by atoms with Gasteiger partial charge >= 0.3 is 0 Å². The molecule has 1 aromatic rings. The van der Waals surface area contributed by atoms with Gasteiger partial charge in [-0.25, -0.2) is 10.8 Å². The van der Waals surface area contributed by atoms with Crippen LogP contribution in [0.15, 0.2) is 18.2 Å². The Labute approximate surface area is 118 Å². The Morgan fingerprint density at radius 3 is 3.25 bits per heavy atom. The molecule has 2 heterocycles. The molecule has 3 rings (SSSR count). The molecule has 3 N–H and O–H groups in total. The minimum atomic E-state index is -0.354. The molecular formula is C14H20N4O2. The van der Waals surface area contributed by atoms with Gasteiger partial charge in [0.2, 0.25) is 0 Å². The van der Waals surface area contributed by atoms with Gasteiger partial charge in [-0.1, -0.05) is 6.07 Å². The van der Waals surface area contributed by atoms with E-state index in [0.29, 0.717) is 17.8 Å². The number of hydrogen-bond donors (Lipinski definition) is 2. The first kappa shape index (κ1) is 13.5. The number of nitrogens with one attached hydrogen (secondary N) is 1. The number of nitrogen functional groups attached to an aromatic ring is 1. The number of fused-ring (bicyclic) bond motifs is 1. The van der Waals surface area contributed by atoms with E-state index in [1.807, 2.05) is 12.1 Å². The van der Waals surface area contributed by atoms with Crippen LogP contribution in [-0.4, -0.2) is 41.1 Å². The average Bonchev–Trinajstić information content (AvgIpc) is 2.96. The molecule has 1 aliphatic carbocycles. The van der Waals surface area contributed by atoms with Gasteiger partial charge in [0.1, 0.15) is 5.69 Å². The van der Waals surface area contributed by atoms with Crippen molar-refractivity contribution < 1.29 is 9.53 Å². The second kappa shape index (κ2) is 5.87. The zero-order chi connectivity index (χ0) is 13.9. The van der Waals surface area contributed by atoms with Gasteiger partial charge in [0.15, 0.2) is 0 Å². The van der Waals surface area contributed by atoms with Gasteiger partial charge in [0.05, 0.1) is 18.4 Å². The highest BCUT2D eigenvalue weighted by atomic mass is 16.5. The highest BCUT2D eigenvalue weighted by molar-refractivity contribution is 5.91. The van der Waals surface area contributed by atoms with Gasteiger partial charge in [0.25, 0.3) is 5.91 Å². The molecule has 1 aromatic heterocycles. The summed E-state index contributed by atoms with van der Waals surface area (Å²) in [4.78, 5) is 18.3. The number of carbonyl (C=O) groups is 1. The number of hydrogen-bond acceptors (Lipinski definition) is 5. The van der Waals surface area contributed by atoms with Crippen molar-refractivity contribution in [2.75, 3.05) is 13.2 Å². The Hall–Kier alpha value is -1.50. The van der Waals surface area contributed by atoms with E-state index in [0.717, 1.165) is 31.8 Å². The molecule has 2 aliphatic rings. The highest BCUT2D eigenvalue weighted by Crippen LogP contribution is 2.30. The zero-order valence-electron chi connectivity index (χ0n) is 11.4. The van der Waals surface area contributed by atoms with E-state index in [9.17, 15) is 4.79 Å². The van der Waals surface area contributed by atoms with Gasteiger partial charge in [-0.05, 0) is 31.4 Å². The molecule has 0 aromatic carbocycles. The first-order chi connectivity index (χ1) is 9.78. The van der Waals surface area contributed by atoms with Crippen LogP contribution < -0.4 is 11.3 Å². The van der Waals surface area contributed by atoms with Crippen molar-refractivity contribution in [2.45, 2.75) is 38.0 Å². The van der Waals surface area contributed by atoms with Crippen LogP contribution in [0.2, 0.25) is 0 Å². The summed E-state index contributed by atoms with van der Waals surface area (Å²) in [5.74, 6) is 4.79. The SMILES string of the molecule is NNC(=O)c1cccc(CN2CCOC3CCCC32)n1. The Morgan fingerprint density at radius 2 is 2.40 bits per heavy atom. The summed E-state index contributed by atoms with van der Waals surface area (Å²) in [6, 6.07) is 5.97. The number of carbonyl (C=O) groups excluding carboxylic acids is 1. The lowest BCUT2D eigenvalue weighted by atomic mass is 10.1. The summed E-state index contributed by atoms with van der Waals surface area (Å²) >= 11 is 0. The van der Waals surface area contributed by atoms with E-state index >= 15 is 0 Å². The average molecular weight is 276 g/mol. The maximum Gasteiger partial charge on any atom is 0.283 e. The molecule has 1 saturated heterocycles. The summed E-state index contributed by atoms with van der Waals surface area (Å²) in [6.07, 6.45) is 3.95. The van der Waals surface area contributed by atoms with Crippen LogP contribution in [0.3, 0.4) is 0 Å². The van der Waals surface area contributed by atoms with Crippen LogP contribution in [0.5, 0.6) is 0 Å². The number of morpholine rings is 1. The van der Waals surface area contributed by atoms with Crippen molar-refractivity contribution in [2.24, 2.45) is 5.84 Å². The molecule has 6 heteroatoms. The largest absolute Gasteiger partial charge is 0.375 e. The number of rotatable bonds is 3. The number of hydrazine groups is 1. The fourth-order valence-electron chi connectivity index (χ4n) is 3.18. The monoisotopic (exact) mass is 276 g/mol. The topological polar surface area (TPSA) is 80.5 Å². The molecule has 20 heavy (non-hydrogen) atoms. The lowest BCUT2D eigenvalue weighted by Gasteiger charge is -2.37. The van der Waals surface area contributed by atoms with Crippen molar-refractivity contribution in [1.82, 2.24) is 15.3 Å². The Morgan fingerprint density at radius 1 is 1.50 bits per heavy atom. The fraction of sp³-hybridized carbons (Fsp3) is 0.571. The molecule has 1 amide bonds. The maximum atomic E-state index is 11.5. The minimum absolute atomic E-state index is 0.354. The number of nitrogens with two attached hydrogens (primary N) is 1. The van der Waals surface area contributed by atoms with Crippen LogP contribution in [0.1, 0.15) is 35.4 Å². The third-order valence-corrected chi connectivity index (χ3v) is 4.13. The molecule has 2 fully saturated rings. The van der Waals surface area contributed by atoms with Gasteiger partial charge in [-0.15, -0.1) is 0 Å². The third kappa shape index (κ3) is 2.67. The Balaban J connectivity index is 1.72. The molecular weight excluding hydrogens is 256 g/mol. The number of nitrogens with zero attached hydrogens (tertiary/aromatic N) is 2. The number of aromatic nitrogens is 1. The van der Waals surface area contributed by atoms with Gasteiger partial charge in [-0.2, -0.15) is 0 Å². The van der Waals surface area contributed by atoms with Crippen LogP contribution in [0.25, 0.3) is 0 Å². The molecule has 108 valence electrons. The lowest BCUT2D eigenvalue weighted by molar-refractivity contribution is -0.0592. The number of pyridine rings is 1. The van der Waals surface area contributed by atoms with Gasteiger partial charge in [-0.3, -0.25) is 15.1 Å². The van der Waals surface area contributed by atoms with E-state index in [1.54, 1.807) is 6.07 Å². The summed E-state index contributed by atoms with van der Waals surface area (Å²) in [5, 5.41) is 0. The van der Waals surface area contributed by atoms with E-state index < -0.39 is 0 Å². The lowest BCUT2D eigenvalue weighted by Crippen LogP contribution is -2.48. The highest BCUT2D eigenvalue weighted by Gasteiger charge is 2.35. The summed E-state index contributed by atoms with van der Waals surface area (Å²) in [7, 11) is 0. The van der Waals surface area contributed by atoms with Crippen LogP contribution >= 0.6 is 0 Å². The normalized spacial score (nSPS) is 26.2. The van der Waals surface area contributed by atoms with Crippen molar-refractivity contribution >= 4 is 5.91 Å². The fourth-order valence-corrected chi connectivity index (χ4v) is 3.18. The summed E-state index contributed by atoms with van der Waals surface area (Å²) in [5.41, 5.74) is 3.38. The van der Waals surface area contributed by atoms with Crippen molar-refractivity contribution in [3.05, 3.63) is 29.6 Å². The molecule has 6 nitrogen and oxygen atoms in total. The Bertz CT molecular complexity index is 494. The van der Waals surface area contributed by atoms with Crippen LogP contribution in [0, 0.1) is 0 Å². The van der Waals surface area contributed by atoms with Crippen molar-refractivity contribution in [3.8, 4) is 0 Å². The third-order valence-electron chi connectivity index (χ3n) is 4.13. The van der Waals surface area contributed by atoms with Crippen molar-refractivity contribution in [3.63, 3.8) is 0 Å². The standard InChI is InChI=1S/C14H20N4O2/c15-17-14(19)11-4-1-3-10(16-11)9-18-7-8-20-13-6-2-5-12(13)18/h1,3-4,12-13H,2,5-9,15H2,(H,17,19). The van der Waals surface area contributed by atoms with Crippen LogP contribution in [0.4, 0.5) is 0 Å². The summed E-state index contributed by atoms with van der Waals surface area (Å²) < 4.78 is 5.81. The predicted octanol–water partition coefficient (Wildman–Crippen LogP) is 0.438. The first-order valence-corrected chi connectivity index (χ1v) is 7.10. The van der Waals surface area contributed by atoms with Gasteiger partial charge < -0.3 is 4.74 Å². The first-order valence-electron chi connectivity index (χ1n) is 7.10. The minimum Gasteiger partial charge on any atom is -0.375 e. The smallest absolute Gasteiger partial charge is 0.283 e. The zero-order valence-corrected chi connectivity index (χ0v) is 11.4. The molecule has 2 atom stereocenters. The second-order valence-corrected chi connectivity index (χ2v) is 5.37. The second-order valence-electron chi connectivity index (χ2n) is 5.37. The van der Waals surface area contributed by atoms with E-state index in [4.69, 9.17) is 10.6 Å². The van der Waals surface area contributed by atoms with E-state index in [1.165, 1.54) is 12.8 Å². The van der Waals surface area contributed by atoms with Crippen molar-refractivity contribution in [1.29, 1.82) is 0 Å². The predicted molar refractivity (Wildman–Crippen MR) is 73.7 cm³/mol. The maximum absolute atomic E-state index is 11.5. The van der Waals surface area contributed by atoms with Gasteiger partial charge in [0, 0.05) is 19.1 Å².